The molecule has 1 aromatic rings. The molecule has 0 aromatic heterocycles. The van der Waals surface area contributed by atoms with Gasteiger partial charge in [0, 0.05) is 26.2 Å². The van der Waals surface area contributed by atoms with Crippen molar-refractivity contribution < 1.29 is 19.1 Å². The van der Waals surface area contributed by atoms with Crippen LogP contribution in [0.3, 0.4) is 0 Å². The summed E-state index contributed by atoms with van der Waals surface area (Å²) in [7, 11) is 0. The molecule has 1 fully saturated rings. The normalized spacial score (nSPS) is 17.4. The van der Waals surface area contributed by atoms with E-state index in [-0.39, 0.29) is 18.6 Å². The predicted octanol–water partition coefficient (Wildman–Crippen LogP) is 1.30. The van der Waals surface area contributed by atoms with Gasteiger partial charge in [0.1, 0.15) is 0 Å². The first-order chi connectivity index (χ1) is 10.7. The molecule has 7 heteroatoms. The summed E-state index contributed by atoms with van der Waals surface area (Å²) < 4.78 is 10.6. The fourth-order valence-corrected chi connectivity index (χ4v) is 2.69. The molecule has 2 aliphatic heterocycles. The number of fused-ring (bicyclic) bond motifs is 1. The molecule has 1 saturated heterocycles. The van der Waals surface area contributed by atoms with E-state index in [0.717, 1.165) is 5.69 Å². The van der Waals surface area contributed by atoms with Gasteiger partial charge in [-0.05, 0) is 19.1 Å². The van der Waals surface area contributed by atoms with E-state index in [2.05, 4.69) is 10.2 Å². The van der Waals surface area contributed by atoms with Crippen LogP contribution in [0.15, 0.2) is 18.2 Å². The molecule has 2 heterocycles. The number of rotatable bonds is 2. The van der Waals surface area contributed by atoms with Gasteiger partial charge in [-0.1, -0.05) is 6.07 Å². The minimum absolute atomic E-state index is 0.0345. The zero-order chi connectivity index (χ0) is 15.5. The second kappa shape index (κ2) is 6.13. The summed E-state index contributed by atoms with van der Waals surface area (Å²) in [5.74, 6) is 0.559. The summed E-state index contributed by atoms with van der Waals surface area (Å²) in [5.41, 5.74) is 1.64. The van der Waals surface area contributed by atoms with Crippen molar-refractivity contribution in [3.05, 3.63) is 18.2 Å². The van der Waals surface area contributed by atoms with Gasteiger partial charge in [-0.2, -0.15) is 0 Å². The monoisotopic (exact) mass is 305 g/mol. The molecule has 0 radical (unpaired) electrons. The first kappa shape index (κ1) is 14.5. The van der Waals surface area contributed by atoms with Crippen molar-refractivity contribution in [2.24, 2.45) is 0 Å². The SMILES string of the molecule is CCOC(=O)N1CCN(c2cccc3c2OCC(=O)N3)CC1. The summed E-state index contributed by atoms with van der Waals surface area (Å²) in [5, 5.41) is 2.81. The molecular weight excluding hydrogens is 286 g/mol. The van der Waals surface area contributed by atoms with E-state index in [9.17, 15) is 9.59 Å². The van der Waals surface area contributed by atoms with Crippen LogP contribution in [0.5, 0.6) is 5.75 Å². The molecular formula is C15H19N3O4. The van der Waals surface area contributed by atoms with E-state index in [1.165, 1.54) is 0 Å². The largest absolute Gasteiger partial charge is 0.479 e. The van der Waals surface area contributed by atoms with Crippen LogP contribution < -0.4 is 15.0 Å². The molecule has 0 saturated carbocycles. The Kier molecular flexibility index (Phi) is 4.04. The number of benzene rings is 1. The first-order valence-electron chi connectivity index (χ1n) is 7.41. The average Bonchev–Trinajstić information content (AvgIpc) is 2.54. The van der Waals surface area contributed by atoms with E-state index in [0.29, 0.717) is 44.2 Å². The number of amides is 2. The van der Waals surface area contributed by atoms with Crippen molar-refractivity contribution in [3.63, 3.8) is 0 Å². The zero-order valence-corrected chi connectivity index (χ0v) is 12.5. The maximum Gasteiger partial charge on any atom is 0.409 e. The van der Waals surface area contributed by atoms with Gasteiger partial charge in [-0.3, -0.25) is 4.79 Å². The number of ether oxygens (including phenoxy) is 2. The molecule has 0 bridgehead atoms. The summed E-state index contributed by atoms with van der Waals surface area (Å²) in [6.07, 6.45) is -0.263. The molecule has 1 N–H and O–H groups in total. The number of anilines is 2. The Hall–Kier alpha value is -2.44. The number of nitrogens with one attached hydrogen (secondary N) is 1. The Morgan fingerprint density at radius 2 is 2.09 bits per heavy atom. The Balaban J connectivity index is 1.71. The van der Waals surface area contributed by atoms with Crippen LogP contribution in [-0.2, 0) is 9.53 Å². The van der Waals surface area contributed by atoms with E-state index in [4.69, 9.17) is 9.47 Å². The van der Waals surface area contributed by atoms with Crippen LogP contribution >= 0.6 is 0 Å². The topological polar surface area (TPSA) is 71.1 Å². The number of hydrogen-bond donors (Lipinski definition) is 1. The molecule has 3 rings (SSSR count). The molecule has 1 aromatic carbocycles. The van der Waals surface area contributed by atoms with Crippen LogP contribution in [0.2, 0.25) is 0 Å². The lowest BCUT2D eigenvalue weighted by Gasteiger charge is -2.36. The van der Waals surface area contributed by atoms with E-state index >= 15 is 0 Å². The lowest BCUT2D eigenvalue weighted by molar-refractivity contribution is -0.118. The van der Waals surface area contributed by atoms with Gasteiger partial charge >= 0.3 is 6.09 Å². The maximum atomic E-state index is 11.7. The molecule has 22 heavy (non-hydrogen) atoms. The molecule has 7 nitrogen and oxygen atoms in total. The van der Waals surface area contributed by atoms with Crippen molar-refractivity contribution in [3.8, 4) is 5.75 Å². The number of carbonyl (C=O) groups excluding carboxylic acids is 2. The van der Waals surface area contributed by atoms with Gasteiger partial charge in [0.05, 0.1) is 18.0 Å². The lowest BCUT2D eigenvalue weighted by Crippen LogP contribution is -2.49. The minimum atomic E-state index is -0.263. The predicted molar refractivity (Wildman–Crippen MR) is 81.4 cm³/mol. The molecule has 0 aliphatic carbocycles. The lowest BCUT2D eigenvalue weighted by atomic mass is 10.2. The average molecular weight is 305 g/mol. The molecule has 0 atom stereocenters. The van der Waals surface area contributed by atoms with Crippen LogP contribution in [0.4, 0.5) is 16.2 Å². The zero-order valence-electron chi connectivity index (χ0n) is 12.5. The molecule has 0 spiro atoms. The summed E-state index contributed by atoms with van der Waals surface area (Å²) >= 11 is 0. The van der Waals surface area contributed by atoms with Crippen molar-refractivity contribution in [1.29, 1.82) is 0 Å². The second-order valence-electron chi connectivity index (χ2n) is 5.16. The van der Waals surface area contributed by atoms with E-state index in [1.54, 1.807) is 11.8 Å². The van der Waals surface area contributed by atoms with Crippen LogP contribution in [0.25, 0.3) is 0 Å². The van der Waals surface area contributed by atoms with Gasteiger partial charge in [0.25, 0.3) is 5.91 Å². The standard InChI is InChI=1S/C15H19N3O4/c1-2-21-15(20)18-8-6-17(7-9-18)12-5-3-4-11-14(12)22-10-13(19)16-11/h3-5H,2,6-10H2,1H3,(H,16,19). The summed E-state index contributed by atoms with van der Waals surface area (Å²) in [6, 6.07) is 5.68. The summed E-state index contributed by atoms with van der Waals surface area (Å²) in [4.78, 5) is 27.0. The van der Waals surface area contributed by atoms with E-state index in [1.807, 2.05) is 18.2 Å². The highest BCUT2D eigenvalue weighted by Crippen LogP contribution is 2.38. The Labute approximate surface area is 128 Å². The number of carbonyl (C=O) groups is 2. The fourth-order valence-electron chi connectivity index (χ4n) is 2.69. The maximum absolute atomic E-state index is 11.7. The minimum Gasteiger partial charge on any atom is -0.479 e. The molecule has 2 aliphatic rings. The van der Waals surface area contributed by atoms with Gasteiger partial charge in [0.15, 0.2) is 12.4 Å². The van der Waals surface area contributed by atoms with Crippen molar-refractivity contribution >= 4 is 23.4 Å². The highest BCUT2D eigenvalue weighted by atomic mass is 16.6. The van der Waals surface area contributed by atoms with Crippen LogP contribution in [-0.4, -0.2) is 56.3 Å². The number of piperazine rings is 1. The fraction of sp³-hybridized carbons (Fsp3) is 0.467. The molecule has 2 amide bonds. The third-order valence-corrected chi connectivity index (χ3v) is 3.76. The van der Waals surface area contributed by atoms with Crippen LogP contribution in [0.1, 0.15) is 6.92 Å². The van der Waals surface area contributed by atoms with E-state index < -0.39 is 0 Å². The molecule has 118 valence electrons. The molecule has 0 unspecified atom stereocenters. The first-order valence-corrected chi connectivity index (χ1v) is 7.41. The van der Waals surface area contributed by atoms with Gasteiger partial charge in [0.2, 0.25) is 0 Å². The third kappa shape index (κ3) is 2.79. The second-order valence-corrected chi connectivity index (χ2v) is 5.16. The van der Waals surface area contributed by atoms with Crippen molar-refractivity contribution in [1.82, 2.24) is 4.90 Å². The highest BCUT2D eigenvalue weighted by molar-refractivity contribution is 5.97. The highest BCUT2D eigenvalue weighted by Gasteiger charge is 2.26. The summed E-state index contributed by atoms with van der Waals surface area (Å²) in [6.45, 7) is 4.84. The Morgan fingerprint density at radius 1 is 1.32 bits per heavy atom. The number of hydrogen-bond acceptors (Lipinski definition) is 5. The third-order valence-electron chi connectivity index (χ3n) is 3.76. The smallest absolute Gasteiger partial charge is 0.409 e. The number of para-hydroxylation sites is 1. The van der Waals surface area contributed by atoms with Gasteiger partial charge < -0.3 is 24.6 Å². The number of nitrogens with zero attached hydrogens (tertiary/aromatic N) is 2. The quantitative estimate of drug-likeness (QED) is 0.891. The Morgan fingerprint density at radius 3 is 2.82 bits per heavy atom. The van der Waals surface area contributed by atoms with Gasteiger partial charge in [-0.25, -0.2) is 4.79 Å². The Bertz CT molecular complexity index is 582. The van der Waals surface area contributed by atoms with Crippen molar-refractivity contribution in [2.75, 3.05) is 49.6 Å². The van der Waals surface area contributed by atoms with Gasteiger partial charge in [-0.15, -0.1) is 0 Å². The van der Waals surface area contributed by atoms with Crippen LogP contribution in [0, 0.1) is 0 Å². The van der Waals surface area contributed by atoms with Crippen molar-refractivity contribution in [2.45, 2.75) is 6.92 Å².